The molecule has 0 saturated carbocycles. The Morgan fingerprint density at radius 3 is 2.06 bits per heavy atom. The number of ether oxygens (including phenoxy) is 3. The third-order valence-corrected chi connectivity index (χ3v) is 4.96. The largest absolute Gasteiger partial charge is 0.493 e. The summed E-state index contributed by atoms with van der Waals surface area (Å²) in [5.41, 5.74) is 1.57. The second-order valence-corrected chi connectivity index (χ2v) is 7.18. The van der Waals surface area contributed by atoms with Crippen molar-refractivity contribution in [3.8, 4) is 11.5 Å². The van der Waals surface area contributed by atoms with Gasteiger partial charge in [-0.1, -0.05) is 60.7 Å². The molecule has 0 aliphatic rings. The van der Waals surface area contributed by atoms with Crippen molar-refractivity contribution in [2.24, 2.45) is 0 Å². The van der Waals surface area contributed by atoms with E-state index in [1.807, 2.05) is 30.3 Å². The number of methoxy groups -OCH3 is 2. The van der Waals surface area contributed by atoms with Crippen LogP contribution in [0.3, 0.4) is 0 Å². The number of hydrogen-bond donors (Lipinski definition) is 1. The highest BCUT2D eigenvalue weighted by molar-refractivity contribution is 5.99. The van der Waals surface area contributed by atoms with Crippen LogP contribution in [0.1, 0.15) is 26.3 Å². The van der Waals surface area contributed by atoms with Gasteiger partial charge in [-0.25, -0.2) is 4.79 Å². The minimum Gasteiger partial charge on any atom is -0.493 e. The van der Waals surface area contributed by atoms with Gasteiger partial charge in [-0.3, -0.25) is 9.59 Å². The number of amides is 1. The van der Waals surface area contributed by atoms with Crippen molar-refractivity contribution < 1.29 is 28.6 Å². The van der Waals surface area contributed by atoms with E-state index in [0.29, 0.717) is 22.6 Å². The lowest BCUT2D eigenvalue weighted by atomic mass is 10.1. The van der Waals surface area contributed by atoms with E-state index in [0.717, 1.165) is 5.56 Å². The first kappa shape index (κ1) is 23.5. The maximum atomic E-state index is 12.9. The monoisotopic (exact) mass is 447 g/mol. The van der Waals surface area contributed by atoms with E-state index in [4.69, 9.17) is 14.2 Å². The Bertz CT molecular complexity index is 1100. The molecule has 1 N–H and O–H groups in total. The summed E-state index contributed by atoms with van der Waals surface area (Å²) in [6.07, 6.45) is 0.207. The molecule has 0 fully saturated rings. The van der Waals surface area contributed by atoms with Crippen LogP contribution in [-0.2, 0) is 16.0 Å². The van der Waals surface area contributed by atoms with Crippen molar-refractivity contribution in [3.63, 3.8) is 0 Å². The Morgan fingerprint density at radius 1 is 0.788 bits per heavy atom. The first-order chi connectivity index (χ1) is 16.0. The van der Waals surface area contributed by atoms with Crippen LogP contribution in [0.15, 0.2) is 78.9 Å². The molecule has 1 atom stereocenters. The summed E-state index contributed by atoms with van der Waals surface area (Å²) in [5, 5.41) is 2.71. The standard InChI is InChI=1S/C26H25NO6/c1-31-23-14-13-20(16-24(23)32-2)25(29)27-21(15-18-9-5-3-6-10-18)26(30)33-17-22(28)19-11-7-4-8-12-19/h3-14,16,21H,15,17H2,1-2H3,(H,27,29). The van der Waals surface area contributed by atoms with Crippen molar-refractivity contribution in [3.05, 3.63) is 95.6 Å². The fraction of sp³-hybridized carbons (Fsp3) is 0.192. The molecule has 3 aromatic rings. The van der Waals surface area contributed by atoms with Gasteiger partial charge in [0.15, 0.2) is 23.9 Å². The summed E-state index contributed by atoms with van der Waals surface area (Å²) < 4.78 is 15.7. The molecule has 3 aromatic carbocycles. The molecule has 0 bridgehead atoms. The average Bonchev–Trinajstić information content (AvgIpc) is 2.87. The van der Waals surface area contributed by atoms with E-state index in [9.17, 15) is 14.4 Å². The SMILES string of the molecule is COc1ccc(C(=O)NC(Cc2ccccc2)C(=O)OCC(=O)c2ccccc2)cc1OC. The summed E-state index contributed by atoms with van der Waals surface area (Å²) in [6, 6.07) is 21.5. The lowest BCUT2D eigenvalue weighted by Gasteiger charge is -2.18. The minimum absolute atomic E-state index is 0.207. The summed E-state index contributed by atoms with van der Waals surface area (Å²) in [7, 11) is 2.97. The summed E-state index contributed by atoms with van der Waals surface area (Å²) in [6.45, 7) is -0.416. The van der Waals surface area contributed by atoms with E-state index in [1.165, 1.54) is 20.3 Å². The number of hydrogen-bond acceptors (Lipinski definition) is 6. The Hall–Kier alpha value is -4.13. The van der Waals surface area contributed by atoms with Crippen LogP contribution in [0.25, 0.3) is 0 Å². The molecule has 0 heterocycles. The highest BCUT2D eigenvalue weighted by atomic mass is 16.5. The molecule has 0 spiro atoms. The molecule has 3 rings (SSSR count). The number of benzene rings is 3. The van der Waals surface area contributed by atoms with Gasteiger partial charge in [0.05, 0.1) is 14.2 Å². The molecule has 0 aromatic heterocycles. The third-order valence-electron chi connectivity index (χ3n) is 4.96. The molecule has 1 unspecified atom stereocenters. The molecule has 0 radical (unpaired) electrons. The smallest absolute Gasteiger partial charge is 0.329 e. The van der Waals surface area contributed by atoms with Gasteiger partial charge in [0, 0.05) is 17.5 Å². The van der Waals surface area contributed by atoms with Crippen molar-refractivity contribution >= 4 is 17.7 Å². The lowest BCUT2D eigenvalue weighted by molar-refractivity contribution is -0.144. The number of carbonyl (C=O) groups is 3. The molecule has 170 valence electrons. The Balaban J connectivity index is 1.74. The minimum atomic E-state index is -0.989. The van der Waals surface area contributed by atoms with Crippen LogP contribution in [0.4, 0.5) is 0 Å². The zero-order chi connectivity index (χ0) is 23.6. The van der Waals surface area contributed by atoms with Crippen molar-refractivity contribution in [1.29, 1.82) is 0 Å². The Morgan fingerprint density at radius 2 is 1.42 bits per heavy atom. The maximum absolute atomic E-state index is 12.9. The molecule has 7 nitrogen and oxygen atoms in total. The van der Waals surface area contributed by atoms with Crippen molar-refractivity contribution in [2.45, 2.75) is 12.5 Å². The second-order valence-electron chi connectivity index (χ2n) is 7.18. The molecular weight excluding hydrogens is 422 g/mol. The molecule has 0 aliphatic heterocycles. The summed E-state index contributed by atoms with van der Waals surface area (Å²) >= 11 is 0. The maximum Gasteiger partial charge on any atom is 0.329 e. The predicted octanol–water partition coefficient (Wildman–Crippen LogP) is 3.47. The van der Waals surface area contributed by atoms with Crippen LogP contribution >= 0.6 is 0 Å². The van der Waals surface area contributed by atoms with E-state index in [1.54, 1.807) is 42.5 Å². The first-order valence-corrected chi connectivity index (χ1v) is 10.3. The third kappa shape index (κ3) is 6.43. The number of Topliss-reactive ketones (excluding diaryl/α,β-unsaturated/α-hetero) is 1. The van der Waals surface area contributed by atoms with Gasteiger partial charge in [0.1, 0.15) is 6.04 Å². The van der Waals surface area contributed by atoms with Gasteiger partial charge in [0.25, 0.3) is 5.91 Å². The quantitative estimate of drug-likeness (QED) is 0.378. The predicted molar refractivity (Wildman–Crippen MR) is 123 cm³/mol. The number of esters is 1. The number of rotatable bonds is 10. The Kier molecular flexibility index (Phi) is 8.18. The van der Waals surface area contributed by atoms with Crippen LogP contribution in [0.2, 0.25) is 0 Å². The first-order valence-electron chi connectivity index (χ1n) is 10.3. The van der Waals surface area contributed by atoms with Crippen LogP contribution in [0.5, 0.6) is 11.5 Å². The summed E-state index contributed by atoms with van der Waals surface area (Å²) in [5.74, 6) is -0.636. The molecular formula is C26H25NO6. The highest BCUT2D eigenvalue weighted by Gasteiger charge is 2.25. The number of ketones is 1. The zero-order valence-corrected chi connectivity index (χ0v) is 18.4. The Labute approximate surface area is 192 Å². The fourth-order valence-corrected chi connectivity index (χ4v) is 3.21. The second kappa shape index (κ2) is 11.5. The van der Waals surface area contributed by atoms with Gasteiger partial charge in [-0.05, 0) is 23.8 Å². The molecule has 7 heteroatoms. The zero-order valence-electron chi connectivity index (χ0n) is 18.4. The van der Waals surface area contributed by atoms with Crippen LogP contribution < -0.4 is 14.8 Å². The summed E-state index contributed by atoms with van der Waals surface area (Å²) in [4.78, 5) is 38.0. The highest BCUT2D eigenvalue weighted by Crippen LogP contribution is 2.27. The van der Waals surface area contributed by atoms with Crippen LogP contribution in [-0.4, -0.2) is 44.5 Å². The number of nitrogens with one attached hydrogen (secondary N) is 1. The topological polar surface area (TPSA) is 90.9 Å². The van der Waals surface area contributed by atoms with Crippen molar-refractivity contribution in [1.82, 2.24) is 5.32 Å². The molecule has 1 amide bonds. The van der Waals surface area contributed by atoms with Gasteiger partial charge in [-0.15, -0.1) is 0 Å². The van der Waals surface area contributed by atoms with E-state index in [2.05, 4.69) is 5.32 Å². The average molecular weight is 447 g/mol. The van der Waals surface area contributed by atoms with Gasteiger partial charge in [-0.2, -0.15) is 0 Å². The van der Waals surface area contributed by atoms with E-state index in [-0.39, 0.29) is 12.2 Å². The van der Waals surface area contributed by atoms with E-state index >= 15 is 0 Å². The van der Waals surface area contributed by atoms with Gasteiger partial charge in [0.2, 0.25) is 0 Å². The molecule has 33 heavy (non-hydrogen) atoms. The molecule has 0 aliphatic carbocycles. The van der Waals surface area contributed by atoms with Gasteiger partial charge >= 0.3 is 5.97 Å². The fourth-order valence-electron chi connectivity index (χ4n) is 3.21. The van der Waals surface area contributed by atoms with E-state index < -0.39 is 24.5 Å². The van der Waals surface area contributed by atoms with Crippen molar-refractivity contribution in [2.75, 3.05) is 20.8 Å². The normalized spacial score (nSPS) is 11.2. The lowest BCUT2D eigenvalue weighted by Crippen LogP contribution is -2.43. The molecule has 0 saturated heterocycles. The number of carbonyl (C=O) groups excluding carboxylic acids is 3. The van der Waals surface area contributed by atoms with Crippen LogP contribution in [0, 0.1) is 0 Å². The van der Waals surface area contributed by atoms with Gasteiger partial charge < -0.3 is 19.5 Å².